The van der Waals surface area contributed by atoms with Crippen molar-refractivity contribution in [2.45, 2.75) is 65.4 Å². The first-order valence-electron chi connectivity index (χ1n) is 15.2. The Morgan fingerprint density at radius 3 is 1.98 bits per heavy atom. The maximum Gasteiger partial charge on any atom is 0.235 e. The van der Waals surface area contributed by atoms with Crippen LogP contribution in [-0.4, -0.2) is 41.5 Å². The third-order valence-electron chi connectivity index (χ3n) is 8.15. The third-order valence-corrected chi connectivity index (χ3v) is 8.74. The summed E-state index contributed by atoms with van der Waals surface area (Å²) in [5.41, 5.74) is 1.81. The number of amides is 2. The van der Waals surface area contributed by atoms with Crippen LogP contribution in [-0.2, 0) is 27.2 Å². The molecule has 3 aromatic rings. The molecule has 3 N–H and O–H groups in total. The van der Waals surface area contributed by atoms with Gasteiger partial charge in [-0.1, -0.05) is 50.2 Å². The van der Waals surface area contributed by atoms with Gasteiger partial charge in [0.25, 0.3) is 0 Å². The van der Waals surface area contributed by atoms with Gasteiger partial charge in [0, 0.05) is 23.7 Å². The van der Waals surface area contributed by atoms with Crippen molar-refractivity contribution in [2.75, 3.05) is 23.8 Å². The largest absolute Gasteiger partial charge is 0.490 e. The second kappa shape index (κ2) is 14.4. The Bertz CT molecular complexity index is 1520. The zero-order chi connectivity index (χ0) is 32.0. The van der Waals surface area contributed by atoms with Gasteiger partial charge in [0.1, 0.15) is 11.7 Å². The Hall–Kier alpha value is -3.69. The number of anilines is 2. The fraction of sp³-hybridized carbons (Fsp3) is 0.400. The molecule has 4 rings (SSSR count). The lowest BCUT2D eigenvalue weighted by atomic mass is 9.61. The van der Waals surface area contributed by atoms with Gasteiger partial charge in [-0.3, -0.25) is 14.4 Å². The van der Waals surface area contributed by atoms with Crippen molar-refractivity contribution in [1.82, 2.24) is 0 Å². The Morgan fingerprint density at radius 2 is 1.43 bits per heavy atom. The molecule has 1 fully saturated rings. The molecule has 1 saturated carbocycles. The molecule has 234 valence electrons. The van der Waals surface area contributed by atoms with Crippen molar-refractivity contribution >= 4 is 44.9 Å². The van der Waals surface area contributed by atoms with Crippen LogP contribution in [0.3, 0.4) is 0 Å². The number of carbonyl (C=O) groups is 3. The van der Waals surface area contributed by atoms with E-state index in [0.717, 1.165) is 11.1 Å². The van der Waals surface area contributed by atoms with E-state index in [-0.39, 0.29) is 6.42 Å². The summed E-state index contributed by atoms with van der Waals surface area (Å²) in [5, 5.41) is 17.7. The highest BCUT2D eigenvalue weighted by molar-refractivity contribution is 9.10. The first kappa shape index (κ1) is 33.2. The second-order valence-electron chi connectivity index (χ2n) is 11.2. The SMILES string of the molecule is CCOc1cc(C2C(C(=O)Nc3ccccc3CC)C(=O)CC(C)(O)C2C(=O)Nc2ccccc2CC)cc(Br)c1OCC. The van der Waals surface area contributed by atoms with Crippen molar-refractivity contribution in [3.63, 3.8) is 0 Å². The number of nitrogens with one attached hydrogen (secondary N) is 2. The molecule has 4 atom stereocenters. The van der Waals surface area contributed by atoms with Gasteiger partial charge in [0.05, 0.1) is 29.2 Å². The maximum atomic E-state index is 14.3. The Labute approximate surface area is 267 Å². The summed E-state index contributed by atoms with van der Waals surface area (Å²) < 4.78 is 12.3. The minimum Gasteiger partial charge on any atom is -0.490 e. The highest BCUT2D eigenvalue weighted by atomic mass is 79.9. The standard InChI is InChI=1S/C35H41BrN2O6/c1-6-21-14-10-12-16-25(21)37-33(40)30-27(39)20-35(5,42)31(34(41)38-26-17-13-11-15-22(26)7-2)29(30)23-18-24(36)32(44-9-4)28(19-23)43-8-3/h10-19,29-31,42H,6-9,20H2,1-5H3,(H,37,40)(H,38,41). The monoisotopic (exact) mass is 664 g/mol. The van der Waals surface area contributed by atoms with Crippen molar-refractivity contribution in [1.29, 1.82) is 0 Å². The van der Waals surface area contributed by atoms with Crippen LogP contribution in [0.25, 0.3) is 0 Å². The molecule has 0 aromatic heterocycles. The normalized spacial score (nSPS) is 21.4. The van der Waals surface area contributed by atoms with E-state index >= 15 is 0 Å². The number of para-hydroxylation sites is 2. The van der Waals surface area contributed by atoms with Gasteiger partial charge in [0.2, 0.25) is 11.8 Å². The summed E-state index contributed by atoms with van der Waals surface area (Å²) in [4.78, 5) is 42.2. The number of ketones is 1. The second-order valence-corrected chi connectivity index (χ2v) is 12.0. The van der Waals surface area contributed by atoms with Crippen LogP contribution in [0.4, 0.5) is 11.4 Å². The van der Waals surface area contributed by atoms with Crippen LogP contribution in [0.2, 0.25) is 0 Å². The molecular weight excluding hydrogens is 624 g/mol. The van der Waals surface area contributed by atoms with Crippen LogP contribution < -0.4 is 20.1 Å². The summed E-state index contributed by atoms with van der Waals surface area (Å²) >= 11 is 3.59. The zero-order valence-electron chi connectivity index (χ0n) is 25.9. The van der Waals surface area contributed by atoms with Crippen LogP contribution in [0.1, 0.15) is 63.6 Å². The van der Waals surface area contributed by atoms with Gasteiger partial charge in [-0.2, -0.15) is 0 Å². The van der Waals surface area contributed by atoms with Crippen molar-refractivity contribution in [3.05, 3.63) is 81.8 Å². The number of hydrogen-bond acceptors (Lipinski definition) is 6. The molecule has 8 nitrogen and oxygen atoms in total. The first-order chi connectivity index (χ1) is 21.1. The Morgan fingerprint density at radius 1 is 0.886 bits per heavy atom. The summed E-state index contributed by atoms with van der Waals surface area (Å²) in [6, 6.07) is 18.3. The molecule has 9 heteroatoms. The topological polar surface area (TPSA) is 114 Å². The molecule has 1 aliphatic carbocycles. The molecule has 0 aliphatic heterocycles. The molecule has 44 heavy (non-hydrogen) atoms. The number of ether oxygens (including phenoxy) is 2. The van der Waals surface area contributed by atoms with E-state index in [0.29, 0.717) is 59.0 Å². The molecule has 0 bridgehead atoms. The van der Waals surface area contributed by atoms with E-state index in [1.54, 1.807) is 24.3 Å². The smallest absolute Gasteiger partial charge is 0.235 e. The van der Waals surface area contributed by atoms with Gasteiger partial charge >= 0.3 is 0 Å². The summed E-state index contributed by atoms with van der Waals surface area (Å²) in [6.07, 6.45) is 1.00. The van der Waals surface area contributed by atoms with Crippen molar-refractivity contribution < 1.29 is 29.0 Å². The zero-order valence-corrected chi connectivity index (χ0v) is 27.5. The lowest BCUT2D eigenvalue weighted by Crippen LogP contribution is -2.56. The molecular formula is C35H41BrN2O6. The molecule has 4 unspecified atom stereocenters. The molecule has 2 amide bonds. The number of Topliss-reactive ketones (excluding diaryl/α,β-unsaturated/α-hetero) is 1. The number of benzene rings is 3. The van der Waals surface area contributed by atoms with Crippen molar-refractivity contribution in [2.24, 2.45) is 11.8 Å². The number of aliphatic hydroxyl groups is 1. The van der Waals surface area contributed by atoms with Crippen LogP contribution >= 0.6 is 15.9 Å². The van der Waals surface area contributed by atoms with E-state index in [2.05, 4.69) is 26.6 Å². The van der Waals surface area contributed by atoms with Crippen molar-refractivity contribution in [3.8, 4) is 11.5 Å². The summed E-state index contributed by atoms with van der Waals surface area (Å²) in [6.45, 7) is 9.89. The third kappa shape index (κ3) is 7.00. The predicted molar refractivity (Wildman–Crippen MR) is 175 cm³/mol. The average Bonchev–Trinajstić information content (AvgIpc) is 2.98. The van der Waals surface area contributed by atoms with Crippen LogP contribution in [0.15, 0.2) is 65.1 Å². The quantitative estimate of drug-likeness (QED) is 0.197. The number of rotatable bonds is 11. The van der Waals surface area contributed by atoms with Crippen LogP contribution in [0.5, 0.6) is 11.5 Å². The Balaban J connectivity index is 1.89. The van der Waals surface area contributed by atoms with Gasteiger partial charge in [-0.05, 0) is 90.5 Å². The minimum absolute atomic E-state index is 0.340. The van der Waals surface area contributed by atoms with E-state index in [9.17, 15) is 19.5 Å². The fourth-order valence-corrected chi connectivity index (χ4v) is 6.72. The predicted octanol–water partition coefficient (Wildman–Crippen LogP) is 6.69. The molecule has 0 saturated heterocycles. The minimum atomic E-state index is -1.75. The Kier molecular flexibility index (Phi) is 10.9. The molecule has 1 aliphatic rings. The van der Waals surface area contributed by atoms with Gasteiger partial charge in [-0.15, -0.1) is 0 Å². The number of halogens is 1. The average molecular weight is 666 g/mol. The van der Waals surface area contributed by atoms with Crippen LogP contribution in [0, 0.1) is 11.8 Å². The highest BCUT2D eigenvalue weighted by Gasteiger charge is 2.56. The lowest BCUT2D eigenvalue weighted by Gasteiger charge is -2.44. The fourth-order valence-electron chi connectivity index (χ4n) is 6.14. The first-order valence-corrected chi connectivity index (χ1v) is 16.0. The molecule has 0 heterocycles. The summed E-state index contributed by atoms with van der Waals surface area (Å²) in [7, 11) is 0. The number of hydrogen-bond donors (Lipinski definition) is 3. The van der Waals surface area contributed by atoms with E-state index in [1.165, 1.54) is 6.92 Å². The van der Waals surface area contributed by atoms with Gasteiger partial charge in [-0.25, -0.2) is 0 Å². The molecule has 0 spiro atoms. The molecule has 3 aromatic carbocycles. The van der Waals surface area contributed by atoms with Gasteiger partial charge in [0.15, 0.2) is 11.5 Å². The number of aryl methyl sites for hydroxylation is 2. The lowest BCUT2D eigenvalue weighted by molar-refractivity contribution is -0.150. The summed E-state index contributed by atoms with van der Waals surface area (Å²) in [5.74, 6) is -4.05. The van der Waals surface area contributed by atoms with E-state index in [1.807, 2.05) is 64.1 Å². The highest BCUT2D eigenvalue weighted by Crippen LogP contribution is 2.49. The maximum absolute atomic E-state index is 14.3. The molecule has 0 radical (unpaired) electrons. The van der Waals surface area contributed by atoms with Gasteiger partial charge < -0.3 is 25.2 Å². The van der Waals surface area contributed by atoms with E-state index < -0.39 is 41.0 Å². The number of carbonyl (C=O) groups excluding carboxylic acids is 3. The van der Waals surface area contributed by atoms with E-state index in [4.69, 9.17) is 9.47 Å².